The van der Waals surface area contributed by atoms with Gasteiger partial charge < -0.3 is 5.32 Å². The van der Waals surface area contributed by atoms with Crippen LogP contribution in [0.2, 0.25) is 0 Å². The Morgan fingerprint density at radius 1 is 1.40 bits per heavy atom. The minimum absolute atomic E-state index is 0.0793. The first-order valence-corrected chi connectivity index (χ1v) is 7.62. The van der Waals surface area contributed by atoms with E-state index < -0.39 is 0 Å². The maximum atomic E-state index is 12.0. The summed E-state index contributed by atoms with van der Waals surface area (Å²) in [5.41, 5.74) is 0. The molecular weight excluding hydrogens is 276 g/mol. The van der Waals surface area contributed by atoms with Crippen molar-refractivity contribution in [1.29, 1.82) is 0 Å². The summed E-state index contributed by atoms with van der Waals surface area (Å²) in [5, 5.41) is 4.72. The highest BCUT2D eigenvalue weighted by molar-refractivity contribution is 7.10. The van der Waals surface area contributed by atoms with Gasteiger partial charge in [0.1, 0.15) is 0 Å². The first-order chi connectivity index (χ1) is 9.59. The zero-order valence-electron chi connectivity index (χ0n) is 11.4. The summed E-state index contributed by atoms with van der Waals surface area (Å²) in [6.45, 7) is 2.42. The molecule has 108 valence electrons. The molecule has 1 aliphatic rings. The highest BCUT2D eigenvalue weighted by Gasteiger charge is 2.25. The number of hydrogen-bond acceptors (Lipinski definition) is 4. The molecule has 1 atom stereocenters. The molecule has 1 aromatic heterocycles. The van der Waals surface area contributed by atoms with E-state index in [1.807, 2.05) is 24.4 Å². The number of likely N-dealkylation sites (tertiary alicyclic amines) is 1. The van der Waals surface area contributed by atoms with Crippen molar-refractivity contribution in [3.8, 4) is 0 Å². The number of rotatable bonds is 5. The van der Waals surface area contributed by atoms with Gasteiger partial charge in [0.05, 0.1) is 5.92 Å². The van der Waals surface area contributed by atoms with Crippen molar-refractivity contribution in [2.75, 3.05) is 13.1 Å². The van der Waals surface area contributed by atoms with Gasteiger partial charge in [0.25, 0.3) is 0 Å². The molecule has 2 rings (SSSR count). The first-order valence-electron chi connectivity index (χ1n) is 6.74. The van der Waals surface area contributed by atoms with Crippen molar-refractivity contribution in [2.45, 2.75) is 32.1 Å². The van der Waals surface area contributed by atoms with E-state index >= 15 is 0 Å². The summed E-state index contributed by atoms with van der Waals surface area (Å²) in [6.07, 6.45) is 1.48. The van der Waals surface area contributed by atoms with Crippen LogP contribution in [0.1, 0.15) is 37.0 Å². The van der Waals surface area contributed by atoms with Crippen LogP contribution in [0.25, 0.3) is 0 Å². The molecule has 0 aromatic carbocycles. The third kappa shape index (κ3) is 3.45. The van der Waals surface area contributed by atoms with Gasteiger partial charge in [-0.3, -0.25) is 19.3 Å². The third-order valence-corrected chi connectivity index (χ3v) is 4.44. The zero-order valence-corrected chi connectivity index (χ0v) is 12.2. The fourth-order valence-corrected chi connectivity index (χ4v) is 2.94. The van der Waals surface area contributed by atoms with E-state index in [1.165, 1.54) is 4.90 Å². The number of carbonyl (C=O) groups is 3. The maximum Gasteiger partial charge on any atom is 0.229 e. The predicted molar refractivity (Wildman–Crippen MR) is 76.3 cm³/mol. The van der Waals surface area contributed by atoms with Crippen molar-refractivity contribution in [1.82, 2.24) is 10.2 Å². The Bertz CT molecular complexity index is 483. The lowest BCUT2D eigenvalue weighted by Crippen LogP contribution is -2.44. The molecule has 0 bridgehead atoms. The second-order valence-corrected chi connectivity index (χ2v) is 5.80. The molecule has 0 aliphatic carbocycles. The van der Waals surface area contributed by atoms with Gasteiger partial charge in [0.2, 0.25) is 17.7 Å². The van der Waals surface area contributed by atoms with Gasteiger partial charge in [0.15, 0.2) is 0 Å². The molecule has 0 unspecified atom stereocenters. The summed E-state index contributed by atoms with van der Waals surface area (Å²) < 4.78 is 0. The number of piperidine rings is 1. The van der Waals surface area contributed by atoms with Crippen LogP contribution >= 0.6 is 11.3 Å². The van der Waals surface area contributed by atoms with E-state index in [1.54, 1.807) is 11.3 Å². The molecule has 5 nitrogen and oxygen atoms in total. The van der Waals surface area contributed by atoms with Gasteiger partial charge >= 0.3 is 0 Å². The molecule has 6 heteroatoms. The minimum atomic E-state index is -0.206. The van der Waals surface area contributed by atoms with E-state index in [4.69, 9.17) is 0 Å². The number of nitrogens with one attached hydrogen (secondary N) is 1. The van der Waals surface area contributed by atoms with E-state index in [-0.39, 0.29) is 30.2 Å². The number of imide groups is 1. The molecular formula is C14H18N2O3S. The van der Waals surface area contributed by atoms with Crippen molar-refractivity contribution in [3.63, 3.8) is 0 Å². The average molecular weight is 294 g/mol. The summed E-state index contributed by atoms with van der Waals surface area (Å²) >= 11 is 1.54. The van der Waals surface area contributed by atoms with Gasteiger partial charge in [-0.2, -0.15) is 0 Å². The van der Waals surface area contributed by atoms with E-state index in [9.17, 15) is 14.4 Å². The molecule has 1 N–H and O–H groups in total. The molecule has 0 spiro atoms. The largest absolute Gasteiger partial charge is 0.354 e. The van der Waals surface area contributed by atoms with Crippen molar-refractivity contribution in [3.05, 3.63) is 22.4 Å². The Morgan fingerprint density at radius 3 is 2.70 bits per heavy atom. The van der Waals surface area contributed by atoms with E-state index in [0.29, 0.717) is 25.8 Å². The highest BCUT2D eigenvalue weighted by atomic mass is 32.1. The summed E-state index contributed by atoms with van der Waals surface area (Å²) in [7, 11) is 0. The summed E-state index contributed by atoms with van der Waals surface area (Å²) in [6, 6.07) is 3.83. The Kier molecular flexibility index (Phi) is 4.89. The van der Waals surface area contributed by atoms with Gasteiger partial charge in [-0.25, -0.2) is 0 Å². The molecule has 2 heterocycles. The van der Waals surface area contributed by atoms with Crippen LogP contribution in [-0.2, 0) is 14.4 Å². The fraction of sp³-hybridized carbons (Fsp3) is 0.500. The molecule has 0 radical (unpaired) electrons. The smallest absolute Gasteiger partial charge is 0.229 e. The Morgan fingerprint density at radius 2 is 2.10 bits per heavy atom. The molecule has 1 aromatic rings. The predicted octanol–water partition coefficient (Wildman–Crippen LogP) is 1.51. The highest BCUT2D eigenvalue weighted by Crippen LogP contribution is 2.20. The average Bonchev–Trinajstić information content (AvgIpc) is 2.95. The van der Waals surface area contributed by atoms with Crippen LogP contribution in [0.4, 0.5) is 0 Å². The van der Waals surface area contributed by atoms with Crippen LogP contribution < -0.4 is 5.32 Å². The van der Waals surface area contributed by atoms with Crippen LogP contribution in [0.15, 0.2) is 17.5 Å². The van der Waals surface area contributed by atoms with Gasteiger partial charge in [-0.15, -0.1) is 11.3 Å². The third-order valence-electron chi connectivity index (χ3n) is 3.38. The Balaban J connectivity index is 1.79. The second kappa shape index (κ2) is 6.65. The molecule has 1 saturated heterocycles. The van der Waals surface area contributed by atoms with E-state index in [0.717, 1.165) is 4.88 Å². The monoisotopic (exact) mass is 294 g/mol. The Hall–Kier alpha value is -1.69. The minimum Gasteiger partial charge on any atom is -0.354 e. The van der Waals surface area contributed by atoms with Crippen molar-refractivity contribution in [2.24, 2.45) is 0 Å². The number of nitrogens with zero attached hydrogens (tertiary/aromatic N) is 1. The van der Waals surface area contributed by atoms with E-state index in [2.05, 4.69) is 5.32 Å². The van der Waals surface area contributed by atoms with Crippen LogP contribution in [0.5, 0.6) is 0 Å². The summed E-state index contributed by atoms with van der Waals surface area (Å²) in [5.74, 6) is -0.560. The number of thiophene rings is 1. The topological polar surface area (TPSA) is 66.5 Å². The molecule has 1 fully saturated rings. The van der Waals surface area contributed by atoms with Crippen LogP contribution in [0.3, 0.4) is 0 Å². The maximum absolute atomic E-state index is 12.0. The van der Waals surface area contributed by atoms with Gasteiger partial charge in [-0.1, -0.05) is 6.07 Å². The lowest BCUT2D eigenvalue weighted by Gasteiger charge is -2.25. The number of amides is 3. The van der Waals surface area contributed by atoms with Crippen LogP contribution in [0, 0.1) is 0 Å². The first kappa shape index (κ1) is 14.7. The fourth-order valence-electron chi connectivity index (χ4n) is 2.16. The number of hydrogen-bond donors (Lipinski definition) is 1. The second-order valence-electron chi connectivity index (χ2n) is 4.82. The van der Waals surface area contributed by atoms with Gasteiger partial charge in [-0.05, 0) is 24.8 Å². The molecule has 1 aliphatic heterocycles. The van der Waals surface area contributed by atoms with Gasteiger partial charge in [0, 0.05) is 30.8 Å². The summed E-state index contributed by atoms with van der Waals surface area (Å²) in [4.78, 5) is 37.4. The lowest BCUT2D eigenvalue weighted by atomic mass is 10.1. The quantitative estimate of drug-likeness (QED) is 0.837. The molecule has 0 saturated carbocycles. The standard InChI is InChI=1S/C14H18N2O3S/c1-10(11-4-3-9-20-11)14(19)15-7-8-16-12(17)5-2-6-13(16)18/h3-4,9-10H,2,5-8H2,1H3,(H,15,19)/t10-/m1/s1. The molecule has 20 heavy (non-hydrogen) atoms. The van der Waals surface area contributed by atoms with Crippen LogP contribution in [-0.4, -0.2) is 35.7 Å². The van der Waals surface area contributed by atoms with Crippen molar-refractivity contribution >= 4 is 29.1 Å². The normalized spacial score (nSPS) is 17.1. The number of carbonyl (C=O) groups excluding carboxylic acids is 3. The zero-order chi connectivity index (χ0) is 14.5. The molecule has 3 amide bonds. The lowest BCUT2D eigenvalue weighted by molar-refractivity contribution is -0.148. The Labute approximate surface area is 122 Å². The van der Waals surface area contributed by atoms with Crippen molar-refractivity contribution < 1.29 is 14.4 Å². The SMILES string of the molecule is C[C@@H](C(=O)NCCN1C(=O)CCCC1=O)c1cccs1.